The first-order chi connectivity index (χ1) is 9.51. The lowest BCUT2D eigenvalue weighted by atomic mass is 10.3. The Morgan fingerprint density at radius 3 is 2.70 bits per heavy atom. The Bertz CT molecular complexity index is 664. The Kier molecular flexibility index (Phi) is 4.26. The number of phenolic OH excluding ortho intramolecular Hbond substituents is 1. The summed E-state index contributed by atoms with van der Waals surface area (Å²) < 4.78 is 33.1. The molecule has 2 aromatic rings. The monoisotopic (exact) mass is 297 g/mol. The van der Waals surface area contributed by atoms with Crippen LogP contribution in [0.5, 0.6) is 5.75 Å². The lowest BCUT2D eigenvalue weighted by Crippen LogP contribution is -2.12. The van der Waals surface area contributed by atoms with E-state index >= 15 is 0 Å². The van der Waals surface area contributed by atoms with E-state index in [1.807, 2.05) is 0 Å². The van der Waals surface area contributed by atoms with Gasteiger partial charge in [0, 0.05) is 13.3 Å². The number of methoxy groups -OCH3 is 1. The molecule has 8 heteroatoms. The predicted octanol–water partition coefficient (Wildman–Crippen LogP) is 1.04. The van der Waals surface area contributed by atoms with Crippen molar-refractivity contribution in [3.63, 3.8) is 0 Å². The molecule has 20 heavy (non-hydrogen) atoms. The third-order valence-electron chi connectivity index (χ3n) is 2.56. The highest BCUT2D eigenvalue weighted by Gasteiger charge is 2.14. The van der Waals surface area contributed by atoms with Crippen molar-refractivity contribution in [3.8, 4) is 5.75 Å². The number of anilines is 1. The topological polar surface area (TPSA) is 93.5 Å². The quantitative estimate of drug-likeness (QED) is 0.831. The molecule has 1 heterocycles. The summed E-state index contributed by atoms with van der Waals surface area (Å²) in [6, 6.07) is 5.28. The molecule has 2 rings (SSSR count). The second-order valence-corrected chi connectivity index (χ2v) is 5.77. The number of rotatable bonds is 6. The minimum absolute atomic E-state index is 0.0105. The number of hydrogen-bond acceptors (Lipinski definition) is 5. The number of aromatic hydroxyl groups is 1. The molecule has 0 radical (unpaired) electrons. The largest absolute Gasteiger partial charge is 0.508 e. The van der Waals surface area contributed by atoms with Gasteiger partial charge in [0.25, 0.3) is 10.0 Å². The van der Waals surface area contributed by atoms with Gasteiger partial charge in [0.05, 0.1) is 29.9 Å². The fourth-order valence-electron chi connectivity index (χ4n) is 1.56. The van der Waals surface area contributed by atoms with Crippen LogP contribution in [0.15, 0.2) is 41.6 Å². The van der Waals surface area contributed by atoms with Crippen LogP contribution in [0.25, 0.3) is 0 Å². The van der Waals surface area contributed by atoms with Crippen LogP contribution in [-0.4, -0.2) is 37.0 Å². The number of nitrogens with one attached hydrogen (secondary N) is 1. The maximum absolute atomic E-state index is 12.1. The van der Waals surface area contributed by atoms with Gasteiger partial charge in [-0.3, -0.25) is 9.40 Å². The zero-order chi connectivity index (χ0) is 14.6. The summed E-state index contributed by atoms with van der Waals surface area (Å²) in [4.78, 5) is 0.0694. The number of nitrogens with zero attached hydrogens (tertiary/aromatic N) is 2. The van der Waals surface area contributed by atoms with E-state index < -0.39 is 10.0 Å². The normalized spacial score (nSPS) is 11.4. The molecule has 1 aromatic carbocycles. The van der Waals surface area contributed by atoms with Gasteiger partial charge >= 0.3 is 0 Å². The van der Waals surface area contributed by atoms with Gasteiger partial charge in [0.15, 0.2) is 0 Å². The molecule has 0 unspecified atom stereocenters. The van der Waals surface area contributed by atoms with Crippen LogP contribution >= 0.6 is 0 Å². The molecule has 0 aliphatic heterocycles. The van der Waals surface area contributed by atoms with E-state index in [0.29, 0.717) is 18.8 Å². The second-order valence-electron chi connectivity index (χ2n) is 4.08. The van der Waals surface area contributed by atoms with E-state index in [1.54, 1.807) is 18.0 Å². The minimum atomic E-state index is -3.68. The molecule has 0 aliphatic carbocycles. The molecule has 0 bridgehead atoms. The number of sulfonamides is 1. The molecular formula is C12H15N3O4S. The van der Waals surface area contributed by atoms with E-state index in [9.17, 15) is 8.42 Å². The highest BCUT2D eigenvalue weighted by Crippen LogP contribution is 2.18. The number of phenols is 1. The maximum atomic E-state index is 12.1. The molecule has 0 amide bonds. The average molecular weight is 297 g/mol. The number of benzene rings is 1. The van der Waals surface area contributed by atoms with Crippen LogP contribution in [0.1, 0.15) is 0 Å². The lowest BCUT2D eigenvalue weighted by molar-refractivity contribution is 0.183. The number of aromatic nitrogens is 2. The Morgan fingerprint density at radius 1 is 1.35 bits per heavy atom. The molecule has 0 fully saturated rings. The molecule has 108 valence electrons. The first-order valence-electron chi connectivity index (χ1n) is 5.84. The molecule has 1 aromatic heterocycles. The zero-order valence-electron chi connectivity index (χ0n) is 10.9. The van der Waals surface area contributed by atoms with Gasteiger partial charge in [0.1, 0.15) is 5.75 Å². The van der Waals surface area contributed by atoms with E-state index in [0.717, 1.165) is 0 Å². The van der Waals surface area contributed by atoms with Crippen molar-refractivity contribution < 1.29 is 18.3 Å². The molecule has 0 saturated heterocycles. The summed E-state index contributed by atoms with van der Waals surface area (Å²) in [6.45, 7) is 1.03. The first kappa shape index (κ1) is 14.4. The Labute approximate surface area is 116 Å². The van der Waals surface area contributed by atoms with Crippen molar-refractivity contribution in [1.82, 2.24) is 9.78 Å². The van der Waals surface area contributed by atoms with Gasteiger partial charge in [-0.05, 0) is 24.3 Å². The van der Waals surface area contributed by atoms with Crippen molar-refractivity contribution in [1.29, 1.82) is 0 Å². The molecule has 0 aliphatic rings. The molecular weight excluding hydrogens is 282 g/mol. The van der Waals surface area contributed by atoms with Gasteiger partial charge in [-0.1, -0.05) is 0 Å². The van der Waals surface area contributed by atoms with Crippen molar-refractivity contribution in [3.05, 3.63) is 36.7 Å². The van der Waals surface area contributed by atoms with Crippen molar-refractivity contribution >= 4 is 15.7 Å². The molecule has 0 atom stereocenters. The lowest BCUT2D eigenvalue weighted by Gasteiger charge is -2.05. The molecule has 7 nitrogen and oxygen atoms in total. The summed E-state index contributed by atoms with van der Waals surface area (Å²) in [5.74, 6) is 0.0105. The summed E-state index contributed by atoms with van der Waals surface area (Å²) in [7, 11) is -2.10. The van der Waals surface area contributed by atoms with E-state index in [4.69, 9.17) is 9.84 Å². The standard InChI is InChI=1S/C12H15N3O4S/c1-19-7-6-15-9-10(8-13-15)14-20(17,18)12-4-2-11(16)3-5-12/h2-5,8-9,14,16H,6-7H2,1H3. The van der Waals surface area contributed by atoms with Crippen molar-refractivity contribution in [2.75, 3.05) is 18.4 Å². The van der Waals surface area contributed by atoms with E-state index in [-0.39, 0.29) is 10.6 Å². The summed E-state index contributed by atoms with van der Waals surface area (Å²) in [5.41, 5.74) is 0.370. The average Bonchev–Trinajstić information content (AvgIpc) is 2.83. The van der Waals surface area contributed by atoms with Gasteiger partial charge in [0.2, 0.25) is 0 Å². The van der Waals surface area contributed by atoms with E-state index in [1.165, 1.54) is 30.5 Å². The molecule has 2 N–H and O–H groups in total. The van der Waals surface area contributed by atoms with Gasteiger partial charge in [-0.25, -0.2) is 8.42 Å². The fraction of sp³-hybridized carbons (Fsp3) is 0.250. The Hall–Kier alpha value is -2.06. The zero-order valence-corrected chi connectivity index (χ0v) is 11.7. The summed E-state index contributed by atoms with van der Waals surface area (Å²) in [6.07, 6.45) is 3.00. The third kappa shape index (κ3) is 3.49. The predicted molar refractivity (Wildman–Crippen MR) is 73.0 cm³/mol. The van der Waals surface area contributed by atoms with Crippen LogP contribution < -0.4 is 4.72 Å². The smallest absolute Gasteiger partial charge is 0.261 e. The number of ether oxygens (including phenoxy) is 1. The minimum Gasteiger partial charge on any atom is -0.508 e. The highest BCUT2D eigenvalue weighted by molar-refractivity contribution is 7.92. The summed E-state index contributed by atoms with van der Waals surface area (Å²) in [5, 5.41) is 13.2. The van der Waals surface area contributed by atoms with Crippen molar-refractivity contribution in [2.45, 2.75) is 11.4 Å². The highest BCUT2D eigenvalue weighted by atomic mass is 32.2. The third-order valence-corrected chi connectivity index (χ3v) is 3.95. The summed E-state index contributed by atoms with van der Waals surface area (Å²) >= 11 is 0. The number of hydrogen-bond donors (Lipinski definition) is 2. The SMILES string of the molecule is COCCn1cc(NS(=O)(=O)c2ccc(O)cc2)cn1. The second kappa shape index (κ2) is 5.93. The van der Waals surface area contributed by atoms with E-state index in [2.05, 4.69) is 9.82 Å². The van der Waals surface area contributed by atoms with Gasteiger partial charge in [-0.15, -0.1) is 0 Å². The van der Waals surface area contributed by atoms with Crippen LogP contribution in [0.4, 0.5) is 5.69 Å². The van der Waals surface area contributed by atoms with Gasteiger partial charge in [-0.2, -0.15) is 5.10 Å². The van der Waals surface area contributed by atoms with Crippen molar-refractivity contribution in [2.24, 2.45) is 0 Å². The van der Waals surface area contributed by atoms with Crippen LogP contribution in [0.2, 0.25) is 0 Å². The van der Waals surface area contributed by atoms with Crippen LogP contribution in [0, 0.1) is 0 Å². The van der Waals surface area contributed by atoms with Crippen LogP contribution in [0.3, 0.4) is 0 Å². The van der Waals surface area contributed by atoms with Crippen LogP contribution in [-0.2, 0) is 21.3 Å². The molecule has 0 spiro atoms. The van der Waals surface area contributed by atoms with Gasteiger partial charge < -0.3 is 9.84 Å². The maximum Gasteiger partial charge on any atom is 0.261 e. The molecule has 0 saturated carbocycles. The first-order valence-corrected chi connectivity index (χ1v) is 7.33. The Morgan fingerprint density at radius 2 is 2.05 bits per heavy atom. The fourth-order valence-corrected chi connectivity index (χ4v) is 2.59. The Balaban J connectivity index is 2.12.